The van der Waals surface area contributed by atoms with Crippen LogP contribution in [0.3, 0.4) is 0 Å². The van der Waals surface area contributed by atoms with E-state index in [1.165, 1.54) is 51.7 Å². The Morgan fingerprint density at radius 1 is 1.10 bits per heavy atom. The number of rotatable bonds is 4. The van der Waals surface area contributed by atoms with Crippen LogP contribution in [0.5, 0.6) is 0 Å². The minimum atomic E-state index is 0. The van der Waals surface area contributed by atoms with Gasteiger partial charge in [0, 0.05) is 38.8 Å². The van der Waals surface area contributed by atoms with Crippen molar-refractivity contribution in [1.29, 1.82) is 0 Å². The molecular weight excluding hydrogens is 363 g/mol. The molecule has 0 bridgehead atoms. The Bertz CT molecular complexity index is 294. The molecule has 0 aromatic carbocycles. The van der Waals surface area contributed by atoms with Gasteiger partial charge >= 0.3 is 0 Å². The van der Waals surface area contributed by atoms with Crippen molar-refractivity contribution in [2.75, 3.05) is 26.7 Å². The van der Waals surface area contributed by atoms with E-state index in [9.17, 15) is 0 Å². The fourth-order valence-corrected chi connectivity index (χ4v) is 2.89. The first-order valence-electron chi connectivity index (χ1n) is 7.89. The monoisotopic (exact) mass is 394 g/mol. The van der Waals surface area contributed by atoms with Gasteiger partial charge in [-0.1, -0.05) is 13.8 Å². The molecule has 1 aliphatic heterocycles. The fourth-order valence-electron chi connectivity index (χ4n) is 2.89. The molecule has 0 amide bonds. The number of halogens is 1. The average Bonchev–Trinajstić information content (AvgIpc) is 2.33. The third-order valence-corrected chi connectivity index (χ3v) is 4.22. The third-order valence-electron chi connectivity index (χ3n) is 4.22. The van der Waals surface area contributed by atoms with Crippen molar-refractivity contribution in [3.05, 3.63) is 0 Å². The lowest BCUT2D eigenvalue weighted by atomic mass is 9.93. The van der Waals surface area contributed by atoms with Crippen LogP contribution >= 0.6 is 24.0 Å². The van der Waals surface area contributed by atoms with Crippen molar-refractivity contribution in [2.24, 2.45) is 10.9 Å². The molecular formula is C15H31IN4. The third kappa shape index (κ3) is 5.76. The number of guanidine groups is 1. The SMILES string of the molecule is CN=C(NC1CCC1)NC1CCN(CC(C)C)CC1.I. The highest BCUT2D eigenvalue weighted by Crippen LogP contribution is 2.18. The molecule has 2 N–H and O–H groups in total. The summed E-state index contributed by atoms with van der Waals surface area (Å²) < 4.78 is 0. The Morgan fingerprint density at radius 3 is 2.05 bits per heavy atom. The van der Waals surface area contributed by atoms with E-state index < -0.39 is 0 Å². The maximum Gasteiger partial charge on any atom is 0.191 e. The summed E-state index contributed by atoms with van der Waals surface area (Å²) in [5.41, 5.74) is 0. The number of hydrogen-bond acceptors (Lipinski definition) is 2. The lowest BCUT2D eigenvalue weighted by Gasteiger charge is -2.35. The van der Waals surface area contributed by atoms with Gasteiger partial charge in [-0.3, -0.25) is 4.99 Å². The first kappa shape index (κ1) is 18.0. The average molecular weight is 394 g/mol. The first-order chi connectivity index (χ1) is 9.17. The molecule has 0 unspecified atom stereocenters. The van der Waals surface area contributed by atoms with Crippen LogP contribution in [0.4, 0.5) is 0 Å². The fraction of sp³-hybridized carbons (Fsp3) is 0.933. The zero-order valence-corrected chi connectivity index (χ0v) is 15.5. The van der Waals surface area contributed by atoms with Gasteiger partial charge in [-0.25, -0.2) is 0 Å². The molecule has 1 heterocycles. The Balaban J connectivity index is 0.00000200. The predicted molar refractivity (Wildman–Crippen MR) is 97.0 cm³/mol. The van der Waals surface area contributed by atoms with E-state index in [0.717, 1.165) is 11.9 Å². The van der Waals surface area contributed by atoms with Crippen LogP contribution in [0.15, 0.2) is 4.99 Å². The Kier molecular flexibility index (Phi) is 8.17. The molecule has 2 aliphatic rings. The highest BCUT2D eigenvalue weighted by Gasteiger charge is 2.22. The van der Waals surface area contributed by atoms with Gasteiger partial charge < -0.3 is 15.5 Å². The molecule has 2 rings (SSSR count). The van der Waals surface area contributed by atoms with E-state index in [2.05, 4.69) is 34.4 Å². The zero-order chi connectivity index (χ0) is 13.7. The van der Waals surface area contributed by atoms with E-state index >= 15 is 0 Å². The molecule has 0 atom stereocenters. The number of aliphatic imine (C=N–C) groups is 1. The summed E-state index contributed by atoms with van der Waals surface area (Å²) in [6.45, 7) is 8.28. The highest BCUT2D eigenvalue weighted by atomic mass is 127. The lowest BCUT2D eigenvalue weighted by molar-refractivity contribution is 0.186. The highest BCUT2D eigenvalue weighted by molar-refractivity contribution is 14.0. The van der Waals surface area contributed by atoms with Gasteiger partial charge in [0.2, 0.25) is 0 Å². The molecule has 0 aromatic heterocycles. The van der Waals surface area contributed by atoms with Gasteiger partial charge in [0.1, 0.15) is 0 Å². The zero-order valence-electron chi connectivity index (χ0n) is 13.2. The minimum Gasteiger partial charge on any atom is -0.354 e. The van der Waals surface area contributed by atoms with E-state index in [-0.39, 0.29) is 24.0 Å². The topological polar surface area (TPSA) is 39.7 Å². The lowest BCUT2D eigenvalue weighted by Crippen LogP contribution is -2.52. The quantitative estimate of drug-likeness (QED) is 0.437. The number of hydrogen-bond donors (Lipinski definition) is 2. The maximum absolute atomic E-state index is 4.35. The van der Waals surface area contributed by atoms with E-state index in [4.69, 9.17) is 0 Å². The van der Waals surface area contributed by atoms with Crippen molar-refractivity contribution in [2.45, 2.75) is 58.0 Å². The normalized spacial score (nSPS) is 22.3. The summed E-state index contributed by atoms with van der Waals surface area (Å²) in [6, 6.07) is 1.25. The molecule has 118 valence electrons. The number of likely N-dealkylation sites (tertiary alicyclic amines) is 1. The largest absolute Gasteiger partial charge is 0.354 e. The molecule has 20 heavy (non-hydrogen) atoms. The van der Waals surface area contributed by atoms with Crippen LogP contribution in [0.2, 0.25) is 0 Å². The van der Waals surface area contributed by atoms with Gasteiger partial charge in [0.15, 0.2) is 5.96 Å². The Hall–Kier alpha value is -0.0400. The molecule has 5 heteroatoms. The van der Waals surface area contributed by atoms with Crippen LogP contribution in [-0.2, 0) is 0 Å². The van der Waals surface area contributed by atoms with Crippen LogP contribution < -0.4 is 10.6 Å². The van der Waals surface area contributed by atoms with Crippen molar-refractivity contribution in [1.82, 2.24) is 15.5 Å². The van der Waals surface area contributed by atoms with Crippen molar-refractivity contribution < 1.29 is 0 Å². The molecule has 4 nitrogen and oxygen atoms in total. The number of nitrogens with zero attached hydrogens (tertiary/aromatic N) is 2. The molecule has 1 saturated carbocycles. The smallest absolute Gasteiger partial charge is 0.191 e. The van der Waals surface area contributed by atoms with Crippen molar-refractivity contribution in [3.8, 4) is 0 Å². The second kappa shape index (κ2) is 9.07. The molecule has 1 saturated heterocycles. The van der Waals surface area contributed by atoms with Gasteiger partial charge in [-0.05, 0) is 38.0 Å². The van der Waals surface area contributed by atoms with Gasteiger partial charge in [0.25, 0.3) is 0 Å². The Morgan fingerprint density at radius 2 is 1.65 bits per heavy atom. The number of piperidine rings is 1. The van der Waals surface area contributed by atoms with Gasteiger partial charge in [0.05, 0.1) is 0 Å². The second-order valence-electron chi connectivity index (χ2n) is 6.46. The summed E-state index contributed by atoms with van der Waals surface area (Å²) in [7, 11) is 1.88. The summed E-state index contributed by atoms with van der Waals surface area (Å²) in [5.74, 6) is 1.78. The summed E-state index contributed by atoms with van der Waals surface area (Å²) in [5, 5.41) is 7.11. The molecule has 0 radical (unpaired) electrons. The second-order valence-corrected chi connectivity index (χ2v) is 6.46. The van der Waals surface area contributed by atoms with Gasteiger partial charge in [-0.15, -0.1) is 24.0 Å². The van der Waals surface area contributed by atoms with Crippen molar-refractivity contribution >= 4 is 29.9 Å². The number of nitrogens with one attached hydrogen (secondary N) is 2. The standard InChI is InChI=1S/C15H30N4.HI/c1-12(2)11-19-9-7-14(8-10-19)18-15(16-3)17-13-5-4-6-13;/h12-14H,4-11H2,1-3H3,(H2,16,17,18);1H. The summed E-state index contributed by atoms with van der Waals surface area (Å²) in [6.07, 6.45) is 6.43. The van der Waals surface area contributed by atoms with E-state index in [1.54, 1.807) is 0 Å². The van der Waals surface area contributed by atoms with Gasteiger partial charge in [-0.2, -0.15) is 0 Å². The van der Waals surface area contributed by atoms with Crippen LogP contribution in [-0.4, -0.2) is 49.6 Å². The summed E-state index contributed by atoms with van der Waals surface area (Å²) in [4.78, 5) is 6.94. The van der Waals surface area contributed by atoms with Crippen LogP contribution in [0, 0.1) is 5.92 Å². The minimum absolute atomic E-state index is 0. The Labute approximate surface area is 141 Å². The molecule has 2 fully saturated rings. The molecule has 0 aromatic rings. The summed E-state index contributed by atoms with van der Waals surface area (Å²) >= 11 is 0. The molecule has 1 aliphatic carbocycles. The maximum atomic E-state index is 4.35. The van der Waals surface area contributed by atoms with Crippen molar-refractivity contribution in [3.63, 3.8) is 0 Å². The molecule has 0 spiro atoms. The first-order valence-corrected chi connectivity index (χ1v) is 7.89. The van der Waals surface area contributed by atoms with Crippen LogP contribution in [0.25, 0.3) is 0 Å². The predicted octanol–water partition coefficient (Wildman–Crippen LogP) is 2.44. The van der Waals surface area contributed by atoms with E-state index in [0.29, 0.717) is 12.1 Å². The van der Waals surface area contributed by atoms with Crippen LogP contribution in [0.1, 0.15) is 46.0 Å². The van der Waals surface area contributed by atoms with E-state index in [1.807, 2.05) is 7.05 Å².